The fourth-order valence-electron chi connectivity index (χ4n) is 2.79. The van der Waals surface area contributed by atoms with Gasteiger partial charge in [-0.15, -0.1) is 0 Å². The molecule has 0 aromatic carbocycles. The highest BCUT2D eigenvalue weighted by Crippen LogP contribution is 2.25. The predicted octanol–water partition coefficient (Wildman–Crippen LogP) is 2.08. The minimum Gasteiger partial charge on any atom is -0.497 e. The van der Waals surface area contributed by atoms with Gasteiger partial charge in [0, 0.05) is 30.4 Å². The summed E-state index contributed by atoms with van der Waals surface area (Å²) in [6.07, 6.45) is 1.42. The summed E-state index contributed by atoms with van der Waals surface area (Å²) >= 11 is 0. The number of ether oxygens (including phenoxy) is 1. The van der Waals surface area contributed by atoms with Crippen molar-refractivity contribution in [3.63, 3.8) is 0 Å². The van der Waals surface area contributed by atoms with Gasteiger partial charge in [0.2, 0.25) is 0 Å². The van der Waals surface area contributed by atoms with Gasteiger partial charge in [-0.3, -0.25) is 14.7 Å². The molecule has 1 N–H and O–H groups in total. The van der Waals surface area contributed by atoms with Crippen LogP contribution in [-0.4, -0.2) is 40.7 Å². The van der Waals surface area contributed by atoms with Gasteiger partial charge in [-0.2, -0.15) is 0 Å². The molecule has 0 amide bonds. The van der Waals surface area contributed by atoms with Crippen LogP contribution in [0.15, 0.2) is 12.1 Å². The largest absolute Gasteiger partial charge is 0.497 e. The van der Waals surface area contributed by atoms with E-state index >= 15 is 0 Å². The number of piperidine rings is 1. The van der Waals surface area contributed by atoms with Crippen LogP contribution >= 0.6 is 0 Å². The number of pyridine rings is 1. The Balaban J connectivity index is 2.03. The zero-order chi connectivity index (χ0) is 14.7. The van der Waals surface area contributed by atoms with Crippen molar-refractivity contribution < 1.29 is 14.6 Å². The lowest BCUT2D eigenvalue weighted by atomic mass is 9.91. The molecule has 0 bridgehead atoms. The summed E-state index contributed by atoms with van der Waals surface area (Å²) in [6.45, 7) is 5.58. The smallest absolute Gasteiger partial charge is 0.306 e. The number of nitrogens with zero attached hydrogens (tertiary/aromatic N) is 2. The lowest BCUT2D eigenvalue weighted by Gasteiger charge is -2.36. The highest BCUT2D eigenvalue weighted by Gasteiger charge is 2.29. The van der Waals surface area contributed by atoms with Crippen molar-refractivity contribution in [1.29, 1.82) is 0 Å². The molecule has 20 heavy (non-hydrogen) atoms. The molecule has 2 unspecified atom stereocenters. The van der Waals surface area contributed by atoms with E-state index in [2.05, 4.69) is 16.8 Å². The Morgan fingerprint density at radius 2 is 2.30 bits per heavy atom. The normalized spacial score (nSPS) is 23.6. The molecule has 110 valence electrons. The summed E-state index contributed by atoms with van der Waals surface area (Å²) in [7, 11) is 1.65. The Hall–Kier alpha value is -1.62. The van der Waals surface area contributed by atoms with Crippen LogP contribution < -0.4 is 4.74 Å². The number of methoxy groups -OCH3 is 1. The Morgan fingerprint density at radius 3 is 2.90 bits per heavy atom. The second kappa shape index (κ2) is 6.22. The second-order valence-electron chi connectivity index (χ2n) is 5.52. The van der Waals surface area contributed by atoms with Gasteiger partial charge in [-0.25, -0.2) is 0 Å². The number of hydrogen-bond donors (Lipinski definition) is 1. The van der Waals surface area contributed by atoms with Crippen molar-refractivity contribution in [3.8, 4) is 5.75 Å². The third-order valence-electron chi connectivity index (χ3n) is 3.94. The standard InChI is InChI=1S/C15H22N2O3/c1-10-6-14(20-3)8-13(16-10)9-17-5-4-12(15(18)19)7-11(17)2/h6,8,11-12H,4-5,7,9H2,1-3H3,(H,18,19). The molecule has 5 nitrogen and oxygen atoms in total. The first kappa shape index (κ1) is 14.8. The van der Waals surface area contributed by atoms with E-state index in [0.29, 0.717) is 12.8 Å². The topological polar surface area (TPSA) is 62.7 Å². The monoisotopic (exact) mass is 278 g/mol. The summed E-state index contributed by atoms with van der Waals surface area (Å²) in [6, 6.07) is 4.12. The quantitative estimate of drug-likeness (QED) is 0.913. The molecule has 1 aliphatic rings. The van der Waals surface area contributed by atoms with Gasteiger partial charge in [-0.1, -0.05) is 0 Å². The lowest BCUT2D eigenvalue weighted by molar-refractivity contribution is -0.144. The van der Waals surface area contributed by atoms with Gasteiger partial charge in [0.15, 0.2) is 0 Å². The first-order valence-corrected chi connectivity index (χ1v) is 6.98. The number of rotatable bonds is 4. The first-order chi connectivity index (χ1) is 9.49. The molecular formula is C15H22N2O3. The molecule has 2 atom stereocenters. The van der Waals surface area contributed by atoms with Crippen LogP contribution in [-0.2, 0) is 11.3 Å². The van der Waals surface area contributed by atoms with Crippen LogP contribution in [0.3, 0.4) is 0 Å². The number of carbonyl (C=O) groups is 1. The predicted molar refractivity (Wildman–Crippen MR) is 75.8 cm³/mol. The second-order valence-corrected chi connectivity index (χ2v) is 5.52. The Kier molecular flexibility index (Phi) is 4.60. The molecule has 1 aliphatic heterocycles. The van der Waals surface area contributed by atoms with Crippen LogP contribution in [0, 0.1) is 12.8 Å². The van der Waals surface area contributed by atoms with Gasteiger partial charge >= 0.3 is 5.97 Å². The van der Waals surface area contributed by atoms with Crippen LogP contribution in [0.5, 0.6) is 5.75 Å². The summed E-state index contributed by atoms with van der Waals surface area (Å²) in [4.78, 5) is 17.9. The van der Waals surface area contributed by atoms with E-state index in [4.69, 9.17) is 9.84 Å². The Morgan fingerprint density at radius 1 is 1.55 bits per heavy atom. The van der Waals surface area contributed by atoms with E-state index in [-0.39, 0.29) is 12.0 Å². The fraction of sp³-hybridized carbons (Fsp3) is 0.600. The van der Waals surface area contributed by atoms with E-state index in [1.807, 2.05) is 19.1 Å². The zero-order valence-corrected chi connectivity index (χ0v) is 12.3. The maximum Gasteiger partial charge on any atom is 0.306 e. The van der Waals surface area contributed by atoms with Crippen LogP contribution in [0.2, 0.25) is 0 Å². The molecule has 1 aromatic rings. The van der Waals surface area contributed by atoms with Crippen molar-refractivity contribution >= 4 is 5.97 Å². The molecule has 1 aromatic heterocycles. The molecule has 2 heterocycles. The van der Waals surface area contributed by atoms with Crippen LogP contribution in [0.1, 0.15) is 31.2 Å². The fourth-order valence-corrected chi connectivity index (χ4v) is 2.79. The number of aliphatic carboxylic acids is 1. The third kappa shape index (κ3) is 3.48. The number of hydrogen-bond acceptors (Lipinski definition) is 4. The molecule has 0 spiro atoms. The summed E-state index contributed by atoms with van der Waals surface area (Å²) < 4.78 is 5.26. The molecule has 1 fully saturated rings. The maximum absolute atomic E-state index is 11.0. The van der Waals surface area contributed by atoms with Gasteiger partial charge < -0.3 is 9.84 Å². The van der Waals surface area contributed by atoms with E-state index < -0.39 is 5.97 Å². The number of carboxylic acid groups (broad SMARTS) is 1. The van der Waals surface area contributed by atoms with E-state index in [0.717, 1.165) is 30.2 Å². The van der Waals surface area contributed by atoms with Crippen molar-refractivity contribution in [2.75, 3.05) is 13.7 Å². The van der Waals surface area contributed by atoms with Gasteiger partial charge in [0.05, 0.1) is 18.7 Å². The van der Waals surface area contributed by atoms with E-state index in [1.165, 1.54) is 0 Å². The molecule has 1 saturated heterocycles. The van der Waals surface area contributed by atoms with Crippen LogP contribution in [0.25, 0.3) is 0 Å². The number of likely N-dealkylation sites (tertiary alicyclic amines) is 1. The van der Waals surface area contributed by atoms with Gasteiger partial charge in [0.25, 0.3) is 0 Å². The average Bonchev–Trinajstić information content (AvgIpc) is 2.40. The highest BCUT2D eigenvalue weighted by molar-refractivity contribution is 5.70. The van der Waals surface area contributed by atoms with Gasteiger partial charge in [-0.05, 0) is 33.2 Å². The summed E-state index contributed by atoms with van der Waals surface area (Å²) in [5.74, 6) is -0.0614. The number of carboxylic acids is 1. The zero-order valence-electron chi connectivity index (χ0n) is 12.3. The lowest BCUT2D eigenvalue weighted by Crippen LogP contribution is -2.42. The molecular weight excluding hydrogens is 256 g/mol. The van der Waals surface area contributed by atoms with Gasteiger partial charge in [0.1, 0.15) is 5.75 Å². The minimum absolute atomic E-state index is 0.207. The maximum atomic E-state index is 11.0. The SMILES string of the molecule is COc1cc(C)nc(CN2CCC(C(=O)O)CC2C)c1. The summed E-state index contributed by atoms with van der Waals surface area (Å²) in [5.41, 5.74) is 1.91. The van der Waals surface area contributed by atoms with E-state index in [9.17, 15) is 4.79 Å². The molecule has 2 rings (SSSR count). The molecule has 0 radical (unpaired) electrons. The van der Waals surface area contributed by atoms with Crippen molar-refractivity contribution in [3.05, 3.63) is 23.5 Å². The molecule has 0 aliphatic carbocycles. The summed E-state index contributed by atoms with van der Waals surface area (Å²) in [5, 5.41) is 9.09. The number of aromatic nitrogens is 1. The minimum atomic E-state index is -0.674. The van der Waals surface area contributed by atoms with Crippen molar-refractivity contribution in [2.45, 2.75) is 39.3 Å². The average molecular weight is 278 g/mol. The van der Waals surface area contributed by atoms with Crippen molar-refractivity contribution in [1.82, 2.24) is 9.88 Å². The highest BCUT2D eigenvalue weighted by atomic mass is 16.5. The molecule has 0 saturated carbocycles. The van der Waals surface area contributed by atoms with Crippen LogP contribution in [0.4, 0.5) is 0 Å². The molecule has 5 heteroatoms. The third-order valence-corrected chi connectivity index (χ3v) is 3.94. The Bertz CT molecular complexity index is 490. The van der Waals surface area contributed by atoms with E-state index in [1.54, 1.807) is 7.11 Å². The van der Waals surface area contributed by atoms with Crippen molar-refractivity contribution in [2.24, 2.45) is 5.92 Å². The Labute approximate surface area is 119 Å². The first-order valence-electron chi connectivity index (χ1n) is 6.98. The number of aryl methyl sites for hydroxylation is 1.